The van der Waals surface area contributed by atoms with Crippen LogP contribution < -0.4 is 4.90 Å². The van der Waals surface area contributed by atoms with Crippen molar-refractivity contribution in [2.75, 3.05) is 11.4 Å². The van der Waals surface area contributed by atoms with Crippen LogP contribution in [0.25, 0.3) is 11.4 Å². The van der Waals surface area contributed by atoms with Crippen molar-refractivity contribution in [2.45, 2.75) is 13.5 Å². The van der Waals surface area contributed by atoms with Crippen LogP contribution in [0.3, 0.4) is 0 Å². The Morgan fingerprint density at radius 3 is 2.56 bits per heavy atom. The molecule has 1 heterocycles. The zero-order valence-electron chi connectivity index (χ0n) is 13.4. The van der Waals surface area contributed by atoms with Crippen molar-refractivity contribution in [3.8, 4) is 11.4 Å². The van der Waals surface area contributed by atoms with Gasteiger partial charge in [-0.15, -0.1) is 10.2 Å². The number of likely N-dealkylation sites (N-methyl/N-ethyl adjacent to an activating group) is 1. The molecule has 0 atom stereocenters. The Bertz CT molecular complexity index is 879. The molecule has 0 radical (unpaired) electrons. The molecule has 0 saturated heterocycles. The third kappa shape index (κ3) is 3.85. The van der Waals surface area contributed by atoms with Gasteiger partial charge in [0.05, 0.1) is 0 Å². The second-order valence-corrected chi connectivity index (χ2v) is 5.27. The lowest BCUT2D eigenvalue weighted by Crippen LogP contribution is -2.34. The summed E-state index contributed by atoms with van der Waals surface area (Å²) in [6.07, 6.45) is 0. The monoisotopic (exact) mass is 343 g/mol. The van der Waals surface area contributed by atoms with Gasteiger partial charge in [-0.05, 0) is 48.5 Å². The van der Waals surface area contributed by atoms with Gasteiger partial charge in [-0.25, -0.2) is 8.78 Å². The number of aromatic nitrogens is 4. The fourth-order valence-electron chi connectivity index (χ4n) is 2.38. The molecule has 0 aliphatic rings. The van der Waals surface area contributed by atoms with Crippen LogP contribution in [0, 0.1) is 11.6 Å². The molecule has 8 heteroatoms. The van der Waals surface area contributed by atoms with Gasteiger partial charge >= 0.3 is 0 Å². The third-order valence-corrected chi connectivity index (χ3v) is 3.57. The molecule has 1 amide bonds. The topological polar surface area (TPSA) is 63.9 Å². The van der Waals surface area contributed by atoms with E-state index in [0.717, 1.165) is 4.80 Å². The Balaban J connectivity index is 1.75. The molecule has 0 unspecified atom stereocenters. The van der Waals surface area contributed by atoms with Gasteiger partial charge in [-0.1, -0.05) is 12.1 Å². The minimum absolute atomic E-state index is 0.131. The van der Waals surface area contributed by atoms with Crippen molar-refractivity contribution in [2.24, 2.45) is 0 Å². The summed E-state index contributed by atoms with van der Waals surface area (Å²) >= 11 is 0. The van der Waals surface area contributed by atoms with Crippen LogP contribution in [0.15, 0.2) is 48.5 Å². The first kappa shape index (κ1) is 16.7. The van der Waals surface area contributed by atoms with Crippen molar-refractivity contribution in [3.63, 3.8) is 0 Å². The number of halogens is 2. The van der Waals surface area contributed by atoms with E-state index >= 15 is 0 Å². The number of benzene rings is 2. The minimum atomic E-state index is -0.404. The normalized spacial score (nSPS) is 10.7. The zero-order valence-corrected chi connectivity index (χ0v) is 13.4. The number of hydrogen-bond donors (Lipinski definition) is 0. The molecule has 0 spiro atoms. The Morgan fingerprint density at radius 2 is 1.88 bits per heavy atom. The van der Waals surface area contributed by atoms with Crippen LogP contribution in [0.4, 0.5) is 14.5 Å². The maximum Gasteiger partial charge on any atom is 0.250 e. The van der Waals surface area contributed by atoms with E-state index in [1.807, 2.05) is 6.92 Å². The molecule has 0 N–H and O–H groups in total. The molecule has 1 aromatic heterocycles. The summed E-state index contributed by atoms with van der Waals surface area (Å²) in [5.74, 6) is -0.808. The minimum Gasteiger partial charge on any atom is -0.311 e. The van der Waals surface area contributed by atoms with Crippen molar-refractivity contribution in [3.05, 3.63) is 60.2 Å². The SMILES string of the molecule is CCN(C(=O)Cn1nnc(-c2cccc(F)c2)n1)c1ccc(F)cc1. The van der Waals surface area contributed by atoms with Crippen molar-refractivity contribution in [1.29, 1.82) is 0 Å². The smallest absolute Gasteiger partial charge is 0.250 e. The van der Waals surface area contributed by atoms with Gasteiger partial charge in [-0.2, -0.15) is 4.80 Å². The summed E-state index contributed by atoms with van der Waals surface area (Å²) < 4.78 is 26.3. The Morgan fingerprint density at radius 1 is 1.12 bits per heavy atom. The first-order chi connectivity index (χ1) is 12.1. The van der Waals surface area contributed by atoms with Gasteiger partial charge < -0.3 is 4.90 Å². The van der Waals surface area contributed by atoms with Crippen molar-refractivity contribution >= 4 is 11.6 Å². The molecule has 128 valence electrons. The summed E-state index contributed by atoms with van der Waals surface area (Å²) in [5.41, 5.74) is 1.06. The largest absolute Gasteiger partial charge is 0.311 e. The lowest BCUT2D eigenvalue weighted by Gasteiger charge is -2.20. The van der Waals surface area contributed by atoms with Gasteiger partial charge in [0.2, 0.25) is 5.82 Å². The number of amides is 1. The second-order valence-electron chi connectivity index (χ2n) is 5.27. The summed E-state index contributed by atoms with van der Waals surface area (Å²) in [6.45, 7) is 2.09. The third-order valence-electron chi connectivity index (χ3n) is 3.57. The Hall–Kier alpha value is -3.16. The first-order valence-electron chi connectivity index (χ1n) is 7.66. The molecule has 0 aliphatic carbocycles. The number of rotatable bonds is 5. The molecule has 0 fully saturated rings. The molecular weight excluding hydrogens is 328 g/mol. The van der Waals surface area contributed by atoms with Crippen LogP contribution >= 0.6 is 0 Å². The average Bonchev–Trinajstić information content (AvgIpc) is 3.06. The number of carbonyl (C=O) groups is 1. The lowest BCUT2D eigenvalue weighted by molar-refractivity contribution is -0.119. The maximum atomic E-state index is 13.3. The molecule has 0 saturated carbocycles. The fourth-order valence-corrected chi connectivity index (χ4v) is 2.38. The Kier molecular flexibility index (Phi) is 4.78. The molecule has 6 nitrogen and oxygen atoms in total. The van der Waals surface area contributed by atoms with Gasteiger partial charge in [0.1, 0.15) is 18.2 Å². The van der Waals surface area contributed by atoms with E-state index in [2.05, 4.69) is 15.4 Å². The van der Waals surface area contributed by atoms with E-state index in [1.54, 1.807) is 12.1 Å². The van der Waals surface area contributed by atoms with E-state index in [-0.39, 0.29) is 24.1 Å². The highest BCUT2D eigenvalue weighted by atomic mass is 19.1. The van der Waals surface area contributed by atoms with Crippen molar-refractivity contribution in [1.82, 2.24) is 20.2 Å². The van der Waals surface area contributed by atoms with Crippen LogP contribution in [0.2, 0.25) is 0 Å². The van der Waals surface area contributed by atoms with E-state index in [1.165, 1.54) is 41.3 Å². The van der Waals surface area contributed by atoms with Gasteiger partial charge in [0.25, 0.3) is 5.91 Å². The number of carbonyl (C=O) groups excluding carboxylic acids is 1. The molecule has 0 bridgehead atoms. The predicted molar refractivity (Wildman–Crippen MR) is 87.6 cm³/mol. The van der Waals surface area contributed by atoms with Gasteiger partial charge in [0.15, 0.2) is 0 Å². The van der Waals surface area contributed by atoms with Crippen LogP contribution in [0.5, 0.6) is 0 Å². The lowest BCUT2D eigenvalue weighted by atomic mass is 10.2. The highest BCUT2D eigenvalue weighted by Crippen LogP contribution is 2.16. The standard InChI is InChI=1S/C17H15F2N5O/c1-2-23(15-8-6-13(18)7-9-15)16(25)11-24-21-17(20-22-24)12-4-3-5-14(19)10-12/h3-10H,2,11H2,1H3. The van der Waals surface area contributed by atoms with Crippen LogP contribution in [-0.2, 0) is 11.3 Å². The summed E-state index contributed by atoms with van der Waals surface area (Å²) in [5, 5.41) is 11.8. The molecule has 2 aromatic carbocycles. The first-order valence-corrected chi connectivity index (χ1v) is 7.66. The number of tetrazole rings is 1. The van der Waals surface area contributed by atoms with E-state index in [0.29, 0.717) is 17.8 Å². The summed E-state index contributed by atoms with van der Waals surface area (Å²) in [7, 11) is 0. The predicted octanol–water partition coefficient (Wildman–Crippen LogP) is 2.67. The Labute approximate surface area is 142 Å². The molecule has 3 aromatic rings. The zero-order chi connectivity index (χ0) is 17.8. The van der Waals surface area contributed by atoms with Crippen LogP contribution in [-0.4, -0.2) is 32.7 Å². The summed E-state index contributed by atoms with van der Waals surface area (Å²) in [4.78, 5) is 15.1. The maximum absolute atomic E-state index is 13.3. The average molecular weight is 343 g/mol. The molecule has 3 rings (SSSR count). The quantitative estimate of drug-likeness (QED) is 0.714. The van der Waals surface area contributed by atoms with E-state index in [9.17, 15) is 13.6 Å². The van der Waals surface area contributed by atoms with Crippen LogP contribution in [0.1, 0.15) is 6.92 Å². The number of hydrogen-bond acceptors (Lipinski definition) is 4. The fraction of sp³-hybridized carbons (Fsp3) is 0.176. The highest BCUT2D eigenvalue weighted by molar-refractivity contribution is 5.92. The summed E-state index contributed by atoms with van der Waals surface area (Å²) in [6, 6.07) is 11.5. The molecule has 25 heavy (non-hydrogen) atoms. The molecular formula is C17H15F2N5O. The van der Waals surface area contributed by atoms with Gasteiger partial charge in [-0.3, -0.25) is 4.79 Å². The number of nitrogens with zero attached hydrogens (tertiary/aromatic N) is 5. The highest BCUT2D eigenvalue weighted by Gasteiger charge is 2.16. The number of anilines is 1. The second kappa shape index (κ2) is 7.16. The van der Waals surface area contributed by atoms with E-state index in [4.69, 9.17) is 0 Å². The van der Waals surface area contributed by atoms with Gasteiger partial charge in [0, 0.05) is 17.8 Å². The van der Waals surface area contributed by atoms with E-state index < -0.39 is 5.82 Å². The van der Waals surface area contributed by atoms with Crippen molar-refractivity contribution < 1.29 is 13.6 Å². The molecule has 0 aliphatic heterocycles.